The molecule has 1 rings (SSSR count). The standard InChI is InChI=1S/C13H24N2O/c1-5-10-15(13(2,3)4)12(16)11-8-6-7-9-14-11/h5,11,14H,1,6-10H2,2-4H3/t11-/m1/s1. The van der Waals surface area contributed by atoms with Gasteiger partial charge in [-0.15, -0.1) is 6.58 Å². The zero-order valence-electron chi connectivity index (χ0n) is 10.8. The van der Waals surface area contributed by atoms with Crippen LogP contribution in [0.4, 0.5) is 0 Å². The summed E-state index contributed by atoms with van der Waals surface area (Å²) in [5, 5.41) is 3.30. The zero-order valence-corrected chi connectivity index (χ0v) is 10.8. The van der Waals surface area contributed by atoms with Gasteiger partial charge in [-0.2, -0.15) is 0 Å². The lowest BCUT2D eigenvalue weighted by molar-refractivity contribution is -0.138. The number of carbonyl (C=O) groups excluding carboxylic acids is 1. The Labute approximate surface area is 98.9 Å². The van der Waals surface area contributed by atoms with Crippen LogP contribution in [0.2, 0.25) is 0 Å². The predicted molar refractivity (Wildman–Crippen MR) is 67.3 cm³/mol. The third kappa shape index (κ3) is 3.34. The van der Waals surface area contributed by atoms with Gasteiger partial charge in [-0.05, 0) is 40.2 Å². The Hall–Kier alpha value is -0.830. The fourth-order valence-electron chi connectivity index (χ4n) is 2.07. The van der Waals surface area contributed by atoms with Crippen molar-refractivity contribution in [1.29, 1.82) is 0 Å². The lowest BCUT2D eigenvalue weighted by atomic mass is 9.99. The van der Waals surface area contributed by atoms with E-state index in [0.29, 0.717) is 6.54 Å². The second kappa shape index (κ2) is 5.48. The van der Waals surface area contributed by atoms with Crippen LogP contribution >= 0.6 is 0 Å². The molecule has 1 heterocycles. The molecule has 1 aliphatic heterocycles. The van der Waals surface area contributed by atoms with Crippen molar-refractivity contribution in [3.63, 3.8) is 0 Å². The van der Waals surface area contributed by atoms with Crippen molar-refractivity contribution in [2.45, 2.75) is 51.6 Å². The first-order valence-corrected chi connectivity index (χ1v) is 6.12. The molecule has 1 aliphatic rings. The molecular weight excluding hydrogens is 200 g/mol. The van der Waals surface area contributed by atoms with Crippen molar-refractivity contribution < 1.29 is 4.79 Å². The number of nitrogens with one attached hydrogen (secondary N) is 1. The van der Waals surface area contributed by atoms with E-state index in [9.17, 15) is 4.79 Å². The average Bonchev–Trinajstić information content (AvgIpc) is 2.25. The van der Waals surface area contributed by atoms with Crippen LogP contribution in [-0.2, 0) is 4.79 Å². The molecule has 92 valence electrons. The van der Waals surface area contributed by atoms with E-state index in [2.05, 4.69) is 32.7 Å². The fourth-order valence-corrected chi connectivity index (χ4v) is 2.07. The molecule has 0 aliphatic carbocycles. The number of hydrogen-bond acceptors (Lipinski definition) is 2. The van der Waals surface area contributed by atoms with Gasteiger partial charge in [-0.1, -0.05) is 12.5 Å². The molecule has 0 unspecified atom stereocenters. The highest BCUT2D eigenvalue weighted by Gasteiger charge is 2.31. The highest BCUT2D eigenvalue weighted by atomic mass is 16.2. The van der Waals surface area contributed by atoms with Crippen LogP contribution in [0.1, 0.15) is 40.0 Å². The molecule has 1 amide bonds. The quantitative estimate of drug-likeness (QED) is 0.743. The zero-order chi connectivity index (χ0) is 12.2. The third-order valence-corrected chi connectivity index (χ3v) is 3.00. The van der Waals surface area contributed by atoms with E-state index in [1.807, 2.05) is 4.90 Å². The second-order valence-electron chi connectivity index (χ2n) is 5.41. The van der Waals surface area contributed by atoms with E-state index in [1.54, 1.807) is 6.08 Å². The number of carbonyl (C=O) groups is 1. The molecule has 1 N–H and O–H groups in total. The molecule has 16 heavy (non-hydrogen) atoms. The Morgan fingerprint density at radius 2 is 2.19 bits per heavy atom. The van der Waals surface area contributed by atoms with Crippen LogP contribution in [0.5, 0.6) is 0 Å². The van der Waals surface area contributed by atoms with E-state index >= 15 is 0 Å². The minimum Gasteiger partial charge on any atom is -0.333 e. The minimum absolute atomic E-state index is 0.00734. The van der Waals surface area contributed by atoms with E-state index in [0.717, 1.165) is 19.4 Å². The molecule has 3 nitrogen and oxygen atoms in total. The van der Waals surface area contributed by atoms with E-state index in [1.165, 1.54) is 6.42 Å². The van der Waals surface area contributed by atoms with Crippen molar-refractivity contribution >= 4 is 5.91 Å². The molecule has 0 saturated carbocycles. The second-order valence-corrected chi connectivity index (χ2v) is 5.41. The average molecular weight is 224 g/mol. The predicted octanol–water partition coefficient (Wildman–Crippen LogP) is 1.94. The van der Waals surface area contributed by atoms with Gasteiger partial charge in [0.25, 0.3) is 0 Å². The number of amides is 1. The lowest BCUT2D eigenvalue weighted by Gasteiger charge is -2.38. The Kier molecular flexibility index (Phi) is 4.54. The highest BCUT2D eigenvalue weighted by molar-refractivity contribution is 5.82. The molecule has 1 saturated heterocycles. The topological polar surface area (TPSA) is 32.3 Å². The Balaban J connectivity index is 2.69. The van der Waals surface area contributed by atoms with Gasteiger partial charge in [0, 0.05) is 12.1 Å². The number of hydrogen-bond donors (Lipinski definition) is 1. The largest absolute Gasteiger partial charge is 0.333 e. The Morgan fingerprint density at radius 1 is 1.50 bits per heavy atom. The first-order valence-electron chi connectivity index (χ1n) is 6.12. The van der Waals surface area contributed by atoms with Gasteiger partial charge in [-0.25, -0.2) is 0 Å². The summed E-state index contributed by atoms with van der Waals surface area (Å²) >= 11 is 0. The van der Waals surface area contributed by atoms with Crippen LogP contribution in [-0.4, -0.2) is 35.5 Å². The first kappa shape index (κ1) is 13.2. The normalized spacial score (nSPS) is 21.6. The van der Waals surface area contributed by atoms with E-state index < -0.39 is 0 Å². The maximum absolute atomic E-state index is 12.4. The summed E-state index contributed by atoms with van der Waals surface area (Å²) in [7, 11) is 0. The summed E-state index contributed by atoms with van der Waals surface area (Å²) in [6.07, 6.45) is 5.09. The molecule has 0 aromatic heterocycles. The summed E-state index contributed by atoms with van der Waals surface area (Å²) in [6, 6.07) is 0.00734. The highest BCUT2D eigenvalue weighted by Crippen LogP contribution is 2.17. The van der Waals surface area contributed by atoms with Gasteiger partial charge >= 0.3 is 0 Å². The maximum Gasteiger partial charge on any atom is 0.240 e. The van der Waals surface area contributed by atoms with E-state index in [4.69, 9.17) is 0 Å². The summed E-state index contributed by atoms with van der Waals surface area (Å²) in [5.41, 5.74) is -0.135. The Bertz CT molecular complexity index is 249. The van der Waals surface area contributed by atoms with Gasteiger partial charge in [-0.3, -0.25) is 4.79 Å². The van der Waals surface area contributed by atoms with Gasteiger partial charge < -0.3 is 10.2 Å². The third-order valence-electron chi connectivity index (χ3n) is 3.00. The molecule has 0 spiro atoms. The van der Waals surface area contributed by atoms with Crippen LogP contribution in [0.15, 0.2) is 12.7 Å². The van der Waals surface area contributed by atoms with Crippen LogP contribution < -0.4 is 5.32 Å². The molecule has 0 bridgehead atoms. The molecule has 1 fully saturated rings. The maximum atomic E-state index is 12.4. The molecule has 3 heteroatoms. The first-order chi connectivity index (χ1) is 7.46. The van der Waals surface area contributed by atoms with Crippen molar-refractivity contribution in [3.05, 3.63) is 12.7 Å². The van der Waals surface area contributed by atoms with Crippen molar-refractivity contribution in [1.82, 2.24) is 10.2 Å². The monoisotopic (exact) mass is 224 g/mol. The number of piperidine rings is 1. The molecule has 0 aromatic carbocycles. The van der Waals surface area contributed by atoms with Crippen LogP contribution in [0, 0.1) is 0 Å². The fraction of sp³-hybridized carbons (Fsp3) is 0.769. The summed E-state index contributed by atoms with van der Waals surface area (Å²) in [5.74, 6) is 0.215. The minimum atomic E-state index is -0.135. The Morgan fingerprint density at radius 3 is 2.62 bits per heavy atom. The van der Waals surface area contributed by atoms with Gasteiger partial charge in [0.2, 0.25) is 5.91 Å². The van der Waals surface area contributed by atoms with Crippen LogP contribution in [0.25, 0.3) is 0 Å². The summed E-state index contributed by atoms with van der Waals surface area (Å²) < 4.78 is 0. The van der Waals surface area contributed by atoms with E-state index in [-0.39, 0.29) is 17.5 Å². The molecule has 0 aromatic rings. The van der Waals surface area contributed by atoms with Crippen molar-refractivity contribution in [3.8, 4) is 0 Å². The van der Waals surface area contributed by atoms with Gasteiger partial charge in [0.15, 0.2) is 0 Å². The molecule has 0 radical (unpaired) electrons. The smallest absolute Gasteiger partial charge is 0.240 e. The van der Waals surface area contributed by atoms with Crippen molar-refractivity contribution in [2.24, 2.45) is 0 Å². The SMILES string of the molecule is C=CCN(C(=O)[C@H]1CCCCN1)C(C)(C)C. The van der Waals surface area contributed by atoms with Crippen LogP contribution in [0.3, 0.4) is 0 Å². The number of rotatable bonds is 3. The summed E-state index contributed by atoms with van der Waals surface area (Å²) in [6.45, 7) is 11.5. The lowest BCUT2D eigenvalue weighted by Crippen LogP contribution is -2.54. The summed E-state index contributed by atoms with van der Waals surface area (Å²) in [4.78, 5) is 14.3. The van der Waals surface area contributed by atoms with Gasteiger partial charge in [0.05, 0.1) is 6.04 Å². The number of nitrogens with zero attached hydrogens (tertiary/aromatic N) is 1. The molecule has 1 atom stereocenters. The van der Waals surface area contributed by atoms with Crippen molar-refractivity contribution in [2.75, 3.05) is 13.1 Å². The molecular formula is C13H24N2O. The van der Waals surface area contributed by atoms with Gasteiger partial charge in [0.1, 0.15) is 0 Å².